The molecule has 0 saturated heterocycles. The topological polar surface area (TPSA) is 111 Å². The van der Waals surface area contributed by atoms with Gasteiger partial charge in [-0.15, -0.1) is 0 Å². The minimum atomic E-state index is -4.06. The molecule has 1 atom stereocenters. The molecule has 144 valence electrons. The van der Waals surface area contributed by atoms with Crippen LogP contribution in [0, 0.1) is 0 Å². The number of anilines is 1. The molecular weight excluding hydrogens is 372 g/mol. The molecule has 0 aliphatic rings. The van der Waals surface area contributed by atoms with Gasteiger partial charge in [0.2, 0.25) is 0 Å². The average Bonchev–Trinajstić information content (AvgIpc) is 2.67. The predicted octanol–water partition coefficient (Wildman–Crippen LogP) is 1.50. The maximum absolute atomic E-state index is 12.4. The van der Waals surface area contributed by atoms with E-state index in [1.807, 2.05) is 6.07 Å². The highest BCUT2D eigenvalue weighted by atomic mass is 32.2. The number of hydrogen-bond donors (Lipinski definition) is 2. The molecule has 0 fully saturated rings. The number of methoxy groups -OCH3 is 2. The number of nitrogens with one attached hydrogen (secondary N) is 2. The van der Waals surface area contributed by atoms with Crippen LogP contribution in [-0.4, -0.2) is 40.6 Å². The molecule has 2 rings (SSSR count). The quantitative estimate of drug-likeness (QED) is 0.659. The highest BCUT2D eigenvalue weighted by Crippen LogP contribution is 2.12. The van der Waals surface area contributed by atoms with Gasteiger partial charge in [0.15, 0.2) is 0 Å². The van der Waals surface area contributed by atoms with E-state index in [4.69, 9.17) is 4.74 Å². The Morgan fingerprint density at radius 2 is 1.59 bits per heavy atom. The van der Waals surface area contributed by atoms with Crippen LogP contribution < -0.4 is 9.44 Å². The molecule has 0 amide bonds. The van der Waals surface area contributed by atoms with Gasteiger partial charge in [0.1, 0.15) is 6.04 Å². The maximum atomic E-state index is 12.4. The van der Waals surface area contributed by atoms with E-state index >= 15 is 0 Å². The second-order valence-corrected chi connectivity index (χ2v) is 7.00. The van der Waals surface area contributed by atoms with Crippen molar-refractivity contribution >= 4 is 27.8 Å². The van der Waals surface area contributed by atoms with Crippen molar-refractivity contribution in [2.45, 2.75) is 12.5 Å². The fourth-order valence-electron chi connectivity index (χ4n) is 2.33. The van der Waals surface area contributed by atoms with Crippen LogP contribution in [0.3, 0.4) is 0 Å². The fourth-order valence-corrected chi connectivity index (χ4v) is 3.39. The third kappa shape index (κ3) is 6.08. The molecule has 0 aliphatic heterocycles. The van der Waals surface area contributed by atoms with E-state index in [0.29, 0.717) is 0 Å². The van der Waals surface area contributed by atoms with Gasteiger partial charge in [0.25, 0.3) is 10.2 Å². The number of rotatable bonds is 8. The van der Waals surface area contributed by atoms with E-state index in [-0.39, 0.29) is 17.7 Å². The van der Waals surface area contributed by atoms with Crippen LogP contribution in [0.1, 0.15) is 15.9 Å². The Morgan fingerprint density at radius 1 is 0.963 bits per heavy atom. The molecule has 2 N–H and O–H groups in total. The van der Waals surface area contributed by atoms with Crippen molar-refractivity contribution in [3.8, 4) is 0 Å². The van der Waals surface area contributed by atoms with E-state index in [1.165, 1.54) is 38.5 Å². The third-order valence-electron chi connectivity index (χ3n) is 3.62. The first-order valence-electron chi connectivity index (χ1n) is 7.95. The Balaban J connectivity index is 2.11. The minimum Gasteiger partial charge on any atom is -0.468 e. The van der Waals surface area contributed by atoms with Crippen LogP contribution in [0.4, 0.5) is 5.69 Å². The molecule has 2 aromatic rings. The lowest BCUT2D eigenvalue weighted by Crippen LogP contribution is -2.45. The first kappa shape index (κ1) is 20.4. The number of carbonyl (C=O) groups excluding carboxylic acids is 2. The smallest absolute Gasteiger partial charge is 0.337 e. The summed E-state index contributed by atoms with van der Waals surface area (Å²) in [5.74, 6) is -1.23. The van der Waals surface area contributed by atoms with E-state index in [1.54, 1.807) is 24.3 Å². The Hall–Kier alpha value is -2.91. The second-order valence-electron chi connectivity index (χ2n) is 5.56. The van der Waals surface area contributed by atoms with Gasteiger partial charge in [0.05, 0.1) is 19.8 Å². The predicted molar refractivity (Wildman–Crippen MR) is 99.4 cm³/mol. The summed E-state index contributed by atoms with van der Waals surface area (Å²) in [5, 5.41) is 0. The Bertz CT molecular complexity index is 882. The van der Waals surface area contributed by atoms with Crippen molar-refractivity contribution in [2.75, 3.05) is 18.9 Å². The summed E-state index contributed by atoms with van der Waals surface area (Å²) >= 11 is 0. The van der Waals surface area contributed by atoms with E-state index in [0.717, 1.165) is 5.56 Å². The lowest BCUT2D eigenvalue weighted by Gasteiger charge is -2.17. The maximum Gasteiger partial charge on any atom is 0.337 e. The molecule has 0 saturated carbocycles. The van der Waals surface area contributed by atoms with Crippen molar-refractivity contribution in [2.24, 2.45) is 0 Å². The number of hydrogen-bond acceptors (Lipinski definition) is 6. The normalized spacial score (nSPS) is 12.1. The summed E-state index contributed by atoms with van der Waals surface area (Å²) < 4.78 is 38.6. The Morgan fingerprint density at radius 3 is 2.15 bits per heavy atom. The molecule has 0 aliphatic carbocycles. The van der Waals surface area contributed by atoms with Gasteiger partial charge < -0.3 is 9.47 Å². The zero-order chi connectivity index (χ0) is 19.9. The van der Waals surface area contributed by atoms with Crippen LogP contribution >= 0.6 is 0 Å². The highest BCUT2D eigenvalue weighted by molar-refractivity contribution is 7.90. The number of esters is 2. The van der Waals surface area contributed by atoms with Gasteiger partial charge in [-0.2, -0.15) is 13.1 Å². The monoisotopic (exact) mass is 392 g/mol. The molecule has 0 bridgehead atoms. The van der Waals surface area contributed by atoms with Crippen LogP contribution in [0.25, 0.3) is 0 Å². The molecule has 0 aromatic heterocycles. The summed E-state index contributed by atoms with van der Waals surface area (Å²) in [7, 11) is -1.62. The molecule has 2 aromatic carbocycles. The van der Waals surface area contributed by atoms with E-state index in [2.05, 4.69) is 14.2 Å². The summed E-state index contributed by atoms with van der Waals surface area (Å²) in [6.07, 6.45) is 0.135. The van der Waals surface area contributed by atoms with Crippen molar-refractivity contribution in [1.29, 1.82) is 0 Å². The standard InChI is InChI=1S/C18H20N2O6S/c1-25-17(21)14-8-10-15(11-9-14)19-27(23,24)20-16(18(22)26-2)12-13-6-4-3-5-7-13/h3-11,16,19-20H,12H2,1-2H3/t16-/m1/s1. The van der Waals surface area contributed by atoms with Gasteiger partial charge in [-0.3, -0.25) is 9.52 Å². The minimum absolute atomic E-state index is 0.135. The number of carbonyl (C=O) groups is 2. The summed E-state index contributed by atoms with van der Waals surface area (Å²) in [6, 6.07) is 13.5. The summed E-state index contributed by atoms with van der Waals surface area (Å²) in [5.41, 5.74) is 1.28. The SMILES string of the molecule is COC(=O)c1ccc(NS(=O)(=O)N[C@H](Cc2ccccc2)C(=O)OC)cc1. The summed E-state index contributed by atoms with van der Waals surface area (Å²) in [4.78, 5) is 23.4. The summed E-state index contributed by atoms with van der Waals surface area (Å²) in [6.45, 7) is 0. The zero-order valence-corrected chi connectivity index (χ0v) is 15.7. The molecule has 27 heavy (non-hydrogen) atoms. The second kappa shape index (κ2) is 9.15. The van der Waals surface area contributed by atoms with Crippen molar-refractivity contribution < 1.29 is 27.5 Å². The van der Waals surface area contributed by atoms with E-state index < -0.39 is 28.2 Å². The first-order valence-corrected chi connectivity index (χ1v) is 9.43. The molecule has 8 nitrogen and oxygen atoms in total. The number of benzene rings is 2. The largest absolute Gasteiger partial charge is 0.468 e. The molecular formula is C18H20N2O6S. The van der Waals surface area contributed by atoms with Crippen molar-refractivity contribution in [3.05, 3.63) is 65.7 Å². The van der Waals surface area contributed by atoms with Gasteiger partial charge in [-0.1, -0.05) is 30.3 Å². The highest BCUT2D eigenvalue weighted by Gasteiger charge is 2.25. The van der Waals surface area contributed by atoms with Crippen LogP contribution in [0.2, 0.25) is 0 Å². The van der Waals surface area contributed by atoms with Gasteiger partial charge in [-0.05, 0) is 36.2 Å². The van der Waals surface area contributed by atoms with Crippen molar-refractivity contribution in [1.82, 2.24) is 4.72 Å². The van der Waals surface area contributed by atoms with Crippen molar-refractivity contribution in [3.63, 3.8) is 0 Å². The Kier molecular flexibility index (Phi) is 6.91. The lowest BCUT2D eigenvalue weighted by molar-refractivity contribution is -0.142. The first-order chi connectivity index (χ1) is 12.8. The molecule has 9 heteroatoms. The molecule has 0 heterocycles. The third-order valence-corrected chi connectivity index (χ3v) is 4.72. The number of ether oxygens (including phenoxy) is 2. The molecule has 0 spiro atoms. The molecule has 0 unspecified atom stereocenters. The van der Waals surface area contributed by atoms with E-state index in [9.17, 15) is 18.0 Å². The fraction of sp³-hybridized carbons (Fsp3) is 0.222. The average molecular weight is 392 g/mol. The zero-order valence-electron chi connectivity index (χ0n) is 14.8. The van der Waals surface area contributed by atoms with Gasteiger partial charge in [-0.25, -0.2) is 4.79 Å². The Labute approximate surface area is 157 Å². The van der Waals surface area contributed by atoms with Crippen LogP contribution in [-0.2, 0) is 30.9 Å². The van der Waals surface area contributed by atoms with Crippen LogP contribution in [0.15, 0.2) is 54.6 Å². The molecule has 0 radical (unpaired) electrons. The van der Waals surface area contributed by atoms with Crippen LogP contribution in [0.5, 0.6) is 0 Å². The lowest BCUT2D eigenvalue weighted by atomic mass is 10.1. The van der Waals surface area contributed by atoms with Gasteiger partial charge in [0, 0.05) is 5.69 Å². The van der Waals surface area contributed by atoms with Gasteiger partial charge >= 0.3 is 11.9 Å².